The third-order valence-electron chi connectivity index (χ3n) is 10.1. The number of carbonyl (C=O) groups excluding carboxylic acids is 2. The Morgan fingerprint density at radius 3 is 1.00 bits per heavy atom. The Morgan fingerprint density at radius 1 is 0.440 bits per heavy atom. The lowest BCUT2D eigenvalue weighted by Crippen LogP contribution is -2.29. The van der Waals surface area contributed by atoms with Crippen molar-refractivity contribution in [2.45, 2.75) is 195 Å². The van der Waals surface area contributed by atoms with Crippen molar-refractivity contribution in [2.75, 3.05) is 39.6 Å². The molecule has 6 heteroatoms. The predicted molar refractivity (Wildman–Crippen MR) is 213 cm³/mol. The Labute approximate surface area is 309 Å². The maximum atomic E-state index is 12.8. The summed E-state index contributed by atoms with van der Waals surface area (Å²) in [6.07, 6.45) is 34.9. The number of hydrogen-bond acceptors (Lipinski definition) is 6. The number of carbonyl (C=O) groups is 2. The Kier molecular flexibility index (Phi) is 31.5. The number of benzene rings is 1. The zero-order valence-electron chi connectivity index (χ0n) is 33.5. The van der Waals surface area contributed by atoms with E-state index in [0.717, 1.165) is 39.0 Å². The number of ether oxygens (including phenoxy) is 2. The van der Waals surface area contributed by atoms with Gasteiger partial charge in [-0.1, -0.05) is 188 Å². The van der Waals surface area contributed by atoms with Gasteiger partial charge in [-0.3, -0.25) is 9.80 Å². The summed E-state index contributed by atoms with van der Waals surface area (Å²) in [6, 6.07) is 6.73. The van der Waals surface area contributed by atoms with Crippen molar-refractivity contribution in [1.82, 2.24) is 9.80 Å². The van der Waals surface area contributed by atoms with E-state index in [9.17, 15) is 9.59 Å². The molecule has 0 spiro atoms. The van der Waals surface area contributed by atoms with Gasteiger partial charge in [0.25, 0.3) is 0 Å². The molecule has 1 aromatic carbocycles. The minimum Gasteiger partial charge on any atom is -0.446 e. The van der Waals surface area contributed by atoms with E-state index < -0.39 is 11.9 Å². The number of esters is 2. The normalized spacial score (nSPS) is 11.5. The third-order valence-corrected chi connectivity index (χ3v) is 10.1. The monoisotopic (exact) mass is 701 g/mol. The first-order chi connectivity index (χ1) is 24.5. The molecule has 0 saturated heterocycles. The summed E-state index contributed by atoms with van der Waals surface area (Å²) in [5.41, 5.74) is 0.770. The van der Waals surface area contributed by atoms with Crippen LogP contribution in [0.25, 0.3) is 0 Å². The smallest absolute Gasteiger partial charge is 0.339 e. The fourth-order valence-electron chi connectivity index (χ4n) is 6.57. The molecule has 0 N–H and O–H groups in total. The molecule has 0 unspecified atom stereocenters. The maximum Gasteiger partial charge on any atom is 0.339 e. The minimum absolute atomic E-state index is 0.271. The molecule has 50 heavy (non-hydrogen) atoms. The fraction of sp³-hybridized carbons (Fsp3) is 0.818. The topological polar surface area (TPSA) is 59.1 Å². The van der Waals surface area contributed by atoms with Crippen molar-refractivity contribution in [3.05, 3.63) is 35.4 Å². The Morgan fingerprint density at radius 2 is 0.720 bits per heavy atom. The summed E-state index contributed by atoms with van der Waals surface area (Å²) in [4.78, 5) is 30.0. The van der Waals surface area contributed by atoms with Crippen molar-refractivity contribution < 1.29 is 19.1 Å². The zero-order chi connectivity index (χ0) is 36.3. The molecule has 0 aliphatic heterocycles. The summed E-state index contributed by atoms with van der Waals surface area (Å²) >= 11 is 0. The standard InChI is InChI=1S/C44H80N2O4/c1-5-9-11-13-15-17-19-21-23-25-27-29-31-36-45(7-3)39-49-43(47)41-34-33-35-42(38-41)44(48)50-40-46(8-4)37-32-30-28-26-24-22-20-18-16-14-12-10-6-2/h33-35,38H,5-32,36-37,39-40H2,1-4H3. The van der Waals surface area contributed by atoms with Gasteiger partial charge in [0.1, 0.15) is 13.5 Å². The molecule has 0 aliphatic carbocycles. The Balaban J connectivity index is 2.19. The summed E-state index contributed by atoms with van der Waals surface area (Å²) in [5, 5.41) is 0. The van der Waals surface area contributed by atoms with Gasteiger partial charge < -0.3 is 9.47 Å². The van der Waals surface area contributed by atoms with E-state index in [4.69, 9.17) is 9.47 Å². The molecule has 0 atom stereocenters. The lowest BCUT2D eigenvalue weighted by Gasteiger charge is -2.20. The lowest BCUT2D eigenvalue weighted by atomic mass is 10.0. The van der Waals surface area contributed by atoms with Crippen LogP contribution in [-0.2, 0) is 9.47 Å². The van der Waals surface area contributed by atoms with Gasteiger partial charge in [0.2, 0.25) is 0 Å². The first-order valence-corrected chi connectivity index (χ1v) is 21.4. The van der Waals surface area contributed by atoms with E-state index in [1.54, 1.807) is 24.3 Å². The van der Waals surface area contributed by atoms with E-state index in [1.165, 1.54) is 154 Å². The maximum absolute atomic E-state index is 12.8. The molecule has 1 aromatic rings. The van der Waals surface area contributed by atoms with Crippen molar-refractivity contribution in [3.8, 4) is 0 Å². The van der Waals surface area contributed by atoms with Crippen molar-refractivity contribution >= 4 is 11.9 Å². The average molecular weight is 701 g/mol. The molecule has 0 aliphatic rings. The molecule has 1 rings (SSSR count). The molecular formula is C44H80N2O4. The van der Waals surface area contributed by atoms with Gasteiger partial charge in [0, 0.05) is 13.1 Å². The lowest BCUT2D eigenvalue weighted by molar-refractivity contribution is 0.0222. The van der Waals surface area contributed by atoms with Gasteiger partial charge >= 0.3 is 11.9 Å². The first-order valence-electron chi connectivity index (χ1n) is 21.4. The molecule has 290 valence electrons. The second-order valence-corrected chi connectivity index (χ2v) is 14.6. The molecule has 0 radical (unpaired) electrons. The van der Waals surface area contributed by atoms with Crippen LogP contribution in [0, 0.1) is 0 Å². The van der Waals surface area contributed by atoms with Crippen LogP contribution in [0.15, 0.2) is 24.3 Å². The van der Waals surface area contributed by atoms with Crippen LogP contribution >= 0.6 is 0 Å². The number of hydrogen-bond donors (Lipinski definition) is 0. The highest BCUT2D eigenvalue weighted by molar-refractivity contribution is 5.95. The highest BCUT2D eigenvalue weighted by atomic mass is 16.5. The van der Waals surface area contributed by atoms with E-state index in [2.05, 4.69) is 37.5 Å². The molecule has 0 saturated carbocycles. The van der Waals surface area contributed by atoms with Gasteiger partial charge in [0.15, 0.2) is 0 Å². The van der Waals surface area contributed by atoms with Gasteiger partial charge in [-0.05, 0) is 44.1 Å². The SMILES string of the molecule is CCCCCCCCCCCCCCCN(CC)COC(=O)c1cccc(C(=O)OCN(CC)CCCCCCCCCCCCCCC)c1. The van der Waals surface area contributed by atoms with Gasteiger partial charge in [-0.15, -0.1) is 0 Å². The fourth-order valence-corrected chi connectivity index (χ4v) is 6.57. The van der Waals surface area contributed by atoms with Crippen LogP contribution in [0.3, 0.4) is 0 Å². The van der Waals surface area contributed by atoms with Gasteiger partial charge in [-0.2, -0.15) is 0 Å². The molecule has 0 bridgehead atoms. The Hall–Kier alpha value is -1.92. The van der Waals surface area contributed by atoms with E-state index >= 15 is 0 Å². The summed E-state index contributed by atoms with van der Waals surface area (Å²) < 4.78 is 11.3. The van der Waals surface area contributed by atoms with E-state index in [0.29, 0.717) is 11.1 Å². The minimum atomic E-state index is -0.402. The van der Waals surface area contributed by atoms with Crippen molar-refractivity contribution in [1.29, 1.82) is 0 Å². The highest BCUT2D eigenvalue weighted by Gasteiger charge is 2.15. The van der Waals surface area contributed by atoms with Crippen LogP contribution < -0.4 is 0 Å². The molecule has 0 fully saturated rings. The quantitative estimate of drug-likeness (QED) is 0.0394. The average Bonchev–Trinajstić information content (AvgIpc) is 3.14. The van der Waals surface area contributed by atoms with Crippen molar-refractivity contribution in [3.63, 3.8) is 0 Å². The zero-order valence-corrected chi connectivity index (χ0v) is 33.5. The van der Waals surface area contributed by atoms with E-state index in [1.807, 2.05) is 0 Å². The van der Waals surface area contributed by atoms with Gasteiger partial charge in [0.05, 0.1) is 11.1 Å². The second-order valence-electron chi connectivity index (χ2n) is 14.6. The first kappa shape index (κ1) is 46.1. The van der Waals surface area contributed by atoms with Crippen LogP contribution in [0.1, 0.15) is 215 Å². The van der Waals surface area contributed by atoms with Crippen LogP contribution in [0.5, 0.6) is 0 Å². The Bertz CT molecular complexity index is 854. The summed E-state index contributed by atoms with van der Waals surface area (Å²) in [7, 11) is 0. The van der Waals surface area contributed by atoms with Crippen LogP contribution in [0.4, 0.5) is 0 Å². The molecule has 0 aromatic heterocycles. The number of nitrogens with zero attached hydrogens (tertiary/aromatic N) is 2. The van der Waals surface area contributed by atoms with Crippen LogP contribution in [0.2, 0.25) is 0 Å². The van der Waals surface area contributed by atoms with E-state index in [-0.39, 0.29) is 13.5 Å². The summed E-state index contributed by atoms with van der Waals surface area (Å²) in [5.74, 6) is -0.804. The molecule has 0 heterocycles. The van der Waals surface area contributed by atoms with Gasteiger partial charge in [-0.25, -0.2) is 9.59 Å². The second kappa shape index (κ2) is 34.2. The number of unbranched alkanes of at least 4 members (excludes halogenated alkanes) is 24. The third kappa shape index (κ3) is 25.9. The predicted octanol–water partition coefficient (Wildman–Crippen LogP) is 12.7. The largest absolute Gasteiger partial charge is 0.446 e. The van der Waals surface area contributed by atoms with Crippen molar-refractivity contribution in [2.24, 2.45) is 0 Å². The van der Waals surface area contributed by atoms with Crippen LogP contribution in [-0.4, -0.2) is 61.4 Å². The molecule has 6 nitrogen and oxygen atoms in total. The highest BCUT2D eigenvalue weighted by Crippen LogP contribution is 2.15. The molecule has 0 amide bonds. The number of rotatable bonds is 36. The molecular weight excluding hydrogens is 620 g/mol. The summed E-state index contributed by atoms with van der Waals surface area (Å²) in [6.45, 7) is 12.8.